The third-order valence-electron chi connectivity index (χ3n) is 5.51. The molecule has 1 heterocycles. The monoisotopic (exact) mass is 446 g/mol. The number of likely N-dealkylation sites (N-methyl/N-ethyl adjacent to an activating group) is 1. The number of hydrogen-bond acceptors (Lipinski definition) is 3. The molecule has 3 amide bonds. The number of rotatable bonds is 4. The average molecular weight is 446 g/mol. The number of hydrazone groups is 1. The van der Waals surface area contributed by atoms with Crippen LogP contribution < -0.4 is 5.32 Å². The Kier molecular flexibility index (Phi) is 6.57. The van der Waals surface area contributed by atoms with Crippen LogP contribution in [-0.2, 0) is 11.0 Å². The van der Waals surface area contributed by atoms with E-state index in [0.29, 0.717) is 11.3 Å². The lowest BCUT2D eigenvalue weighted by molar-refractivity contribution is -0.137. The Morgan fingerprint density at radius 3 is 2.25 bits per heavy atom. The van der Waals surface area contributed by atoms with Gasteiger partial charge in [0.05, 0.1) is 29.9 Å². The Balaban J connectivity index is 1.78. The third kappa shape index (κ3) is 5.09. The van der Waals surface area contributed by atoms with Crippen LogP contribution in [0.25, 0.3) is 0 Å². The SMILES string of the molecule is CC(=O)N(C)[C@H]1CN(C(=O)N[C@H](C)c2ccc(C(F)(F)F)cc2)N=C1c1ccc(C)cc1. The van der Waals surface area contributed by atoms with Crippen LogP contribution in [0.5, 0.6) is 0 Å². The second kappa shape index (κ2) is 9.02. The van der Waals surface area contributed by atoms with Gasteiger partial charge in [-0.1, -0.05) is 42.0 Å². The maximum absolute atomic E-state index is 12.8. The Hall–Kier alpha value is -3.36. The van der Waals surface area contributed by atoms with Crippen molar-refractivity contribution in [3.8, 4) is 0 Å². The topological polar surface area (TPSA) is 65.0 Å². The predicted octanol–water partition coefficient (Wildman–Crippen LogP) is 4.35. The lowest BCUT2D eigenvalue weighted by Gasteiger charge is -2.25. The van der Waals surface area contributed by atoms with Crippen molar-refractivity contribution in [3.63, 3.8) is 0 Å². The van der Waals surface area contributed by atoms with Gasteiger partial charge in [-0.2, -0.15) is 18.3 Å². The summed E-state index contributed by atoms with van der Waals surface area (Å²) in [5, 5.41) is 8.47. The Morgan fingerprint density at radius 1 is 1.12 bits per heavy atom. The standard InChI is InChI=1S/C23H25F3N4O2/c1-14-5-7-18(8-6-14)21-20(29(4)16(3)31)13-30(28-21)22(32)27-15(2)17-9-11-19(12-10-17)23(24,25)26/h5-12,15,20H,13H2,1-4H3,(H,27,32)/t15-,20+/m1/s1. The average Bonchev–Trinajstić information content (AvgIpc) is 3.18. The van der Waals surface area contributed by atoms with Gasteiger partial charge in [0.2, 0.25) is 5.91 Å². The molecule has 32 heavy (non-hydrogen) atoms. The number of carbonyl (C=O) groups excluding carboxylic acids is 2. The van der Waals surface area contributed by atoms with Gasteiger partial charge in [0.25, 0.3) is 0 Å². The van der Waals surface area contributed by atoms with Crippen LogP contribution in [0.3, 0.4) is 0 Å². The molecular formula is C23H25F3N4O2. The quantitative estimate of drug-likeness (QED) is 0.759. The lowest BCUT2D eigenvalue weighted by Crippen LogP contribution is -2.45. The summed E-state index contributed by atoms with van der Waals surface area (Å²) < 4.78 is 38.3. The summed E-state index contributed by atoms with van der Waals surface area (Å²) in [4.78, 5) is 26.4. The zero-order valence-corrected chi connectivity index (χ0v) is 18.3. The minimum Gasteiger partial charge on any atom is -0.335 e. The largest absolute Gasteiger partial charge is 0.416 e. The van der Waals surface area contributed by atoms with E-state index in [-0.39, 0.29) is 12.5 Å². The number of halogens is 3. The van der Waals surface area contributed by atoms with Crippen LogP contribution in [0.4, 0.5) is 18.0 Å². The van der Waals surface area contributed by atoms with Gasteiger partial charge in [-0.05, 0) is 37.1 Å². The molecule has 0 radical (unpaired) electrons. The fourth-order valence-corrected chi connectivity index (χ4v) is 3.42. The maximum Gasteiger partial charge on any atom is 0.416 e. The molecule has 0 aliphatic carbocycles. The molecule has 1 N–H and O–H groups in total. The molecule has 0 saturated heterocycles. The Labute approximate surface area is 184 Å². The van der Waals surface area contributed by atoms with Gasteiger partial charge < -0.3 is 10.2 Å². The van der Waals surface area contributed by atoms with Gasteiger partial charge in [-0.15, -0.1) is 0 Å². The van der Waals surface area contributed by atoms with Gasteiger partial charge in [0.1, 0.15) is 0 Å². The number of hydrogen-bond donors (Lipinski definition) is 1. The normalized spacial score (nSPS) is 17.0. The van der Waals surface area contributed by atoms with Gasteiger partial charge in [0.15, 0.2) is 0 Å². The first-order valence-corrected chi connectivity index (χ1v) is 10.1. The molecule has 2 atom stereocenters. The first-order chi connectivity index (χ1) is 15.0. The predicted molar refractivity (Wildman–Crippen MR) is 115 cm³/mol. The Morgan fingerprint density at radius 2 is 1.72 bits per heavy atom. The fourth-order valence-electron chi connectivity index (χ4n) is 3.42. The smallest absolute Gasteiger partial charge is 0.335 e. The summed E-state index contributed by atoms with van der Waals surface area (Å²) in [7, 11) is 1.66. The van der Waals surface area contributed by atoms with E-state index >= 15 is 0 Å². The molecule has 1 aliphatic heterocycles. The molecular weight excluding hydrogens is 421 g/mol. The zero-order valence-electron chi connectivity index (χ0n) is 18.3. The van der Waals surface area contributed by atoms with E-state index in [4.69, 9.17) is 0 Å². The van der Waals surface area contributed by atoms with Crippen molar-refractivity contribution < 1.29 is 22.8 Å². The van der Waals surface area contributed by atoms with Crippen molar-refractivity contribution in [2.75, 3.05) is 13.6 Å². The highest BCUT2D eigenvalue weighted by atomic mass is 19.4. The first kappa shape index (κ1) is 23.3. The highest BCUT2D eigenvalue weighted by molar-refractivity contribution is 6.07. The highest BCUT2D eigenvalue weighted by Gasteiger charge is 2.35. The fraction of sp³-hybridized carbons (Fsp3) is 0.348. The maximum atomic E-state index is 12.8. The zero-order chi connectivity index (χ0) is 23.6. The van der Waals surface area contributed by atoms with Crippen molar-refractivity contribution in [1.82, 2.24) is 15.2 Å². The van der Waals surface area contributed by atoms with E-state index in [1.807, 2.05) is 31.2 Å². The molecule has 6 nitrogen and oxygen atoms in total. The third-order valence-corrected chi connectivity index (χ3v) is 5.51. The van der Waals surface area contributed by atoms with Crippen LogP contribution in [-0.4, -0.2) is 47.2 Å². The number of carbonyl (C=O) groups is 2. The first-order valence-electron chi connectivity index (χ1n) is 10.1. The summed E-state index contributed by atoms with van der Waals surface area (Å²) in [6, 6.07) is 10.8. The number of nitrogens with zero attached hydrogens (tertiary/aromatic N) is 3. The summed E-state index contributed by atoms with van der Waals surface area (Å²) >= 11 is 0. The summed E-state index contributed by atoms with van der Waals surface area (Å²) in [6.45, 7) is 5.26. The van der Waals surface area contributed by atoms with Gasteiger partial charge in [0, 0.05) is 14.0 Å². The van der Waals surface area contributed by atoms with E-state index in [1.165, 1.54) is 29.0 Å². The lowest BCUT2D eigenvalue weighted by atomic mass is 10.0. The molecule has 9 heteroatoms. The summed E-state index contributed by atoms with van der Waals surface area (Å²) in [5.74, 6) is -0.157. The molecule has 170 valence electrons. The van der Waals surface area contributed by atoms with Crippen LogP contribution in [0.1, 0.15) is 42.1 Å². The van der Waals surface area contributed by atoms with Gasteiger partial charge in [-0.3, -0.25) is 4.79 Å². The van der Waals surface area contributed by atoms with Crippen LogP contribution >= 0.6 is 0 Å². The second-order valence-corrected chi connectivity index (χ2v) is 7.87. The van der Waals surface area contributed by atoms with Crippen LogP contribution in [0.15, 0.2) is 53.6 Å². The molecule has 0 unspecified atom stereocenters. The number of urea groups is 1. The number of nitrogens with one attached hydrogen (secondary N) is 1. The van der Waals surface area contributed by atoms with E-state index in [9.17, 15) is 22.8 Å². The Bertz CT molecular complexity index is 1020. The molecule has 0 spiro atoms. The molecule has 2 aromatic rings. The molecule has 1 aliphatic rings. The minimum absolute atomic E-state index is 0.157. The summed E-state index contributed by atoms with van der Waals surface area (Å²) in [5.41, 5.74) is 2.26. The number of benzene rings is 2. The van der Waals surface area contributed by atoms with E-state index in [0.717, 1.165) is 23.3 Å². The van der Waals surface area contributed by atoms with Crippen molar-refractivity contribution in [3.05, 3.63) is 70.8 Å². The second-order valence-electron chi connectivity index (χ2n) is 7.87. The van der Waals surface area contributed by atoms with Crippen molar-refractivity contribution in [2.45, 2.75) is 39.0 Å². The van der Waals surface area contributed by atoms with E-state index in [2.05, 4.69) is 10.4 Å². The highest BCUT2D eigenvalue weighted by Crippen LogP contribution is 2.30. The molecule has 2 aromatic carbocycles. The van der Waals surface area contributed by atoms with Crippen molar-refractivity contribution >= 4 is 17.6 Å². The number of alkyl halides is 3. The molecule has 3 rings (SSSR count). The number of amides is 3. The van der Waals surface area contributed by atoms with E-state index in [1.54, 1.807) is 14.0 Å². The number of aryl methyl sites for hydroxylation is 1. The van der Waals surface area contributed by atoms with Crippen molar-refractivity contribution in [1.29, 1.82) is 0 Å². The summed E-state index contributed by atoms with van der Waals surface area (Å²) in [6.07, 6.45) is -4.42. The van der Waals surface area contributed by atoms with Crippen LogP contribution in [0, 0.1) is 6.92 Å². The van der Waals surface area contributed by atoms with Crippen LogP contribution in [0.2, 0.25) is 0 Å². The van der Waals surface area contributed by atoms with Crippen molar-refractivity contribution in [2.24, 2.45) is 5.10 Å². The minimum atomic E-state index is -4.42. The van der Waals surface area contributed by atoms with Gasteiger partial charge >= 0.3 is 12.2 Å². The molecule has 0 fully saturated rings. The molecule has 0 saturated carbocycles. The van der Waals surface area contributed by atoms with Gasteiger partial charge in [-0.25, -0.2) is 9.80 Å². The molecule has 0 aromatic heterocycles. The molecule has 0 bridgehead atoms. The van der Waals surface area contributed by atoms with E-state index < -0.39 is 29.9 Å².